The van der Waals surface area contributed by atoms with Crippen LogP contribution >= 0.6 is 0 Å². The zero-order valence-corrected chi connectivity index (χ0v) is 12.2. The van der Waals surface area contributed by atoms with Crippen LogP contribution in [-0.4, -0.2) is 42.3 Å². The van der Waals surface area contributed by atoms with Crippen molar-refractivity contribution >= 4 is 5.97 Å². The molecule has 0 amide bonds. The monoisotopic (exact) mass is 302 g/mol. The summed E-state index contributed by atoms with van der Waals surface area (Å²) < 4.78 is 15.7. The maximum atomic E-state index is 11.9. The Kier molecular flexibility index (Phi) is 4.82. The van der Waals surface area contributed by atoms with Crippen molar-refractivity contribution in [2.75, 3.05) is 26.3 Å². The molecule has 116 valence electrons. The number of morpholine rings is 1. The normalized spacial score (nSPS) is 15.6. The zero-order valence-electron chi connectivity index (χ0n) is 12.2. The third-order valence-electron chi connectivity index (χ3n) is 3.46. The first-order valence-corrected chi connectivity index (χ1v) is 7.28. The third kappa shape index (κ3) is 3.93. The van der Waals surface area contributed by atoms with E-state index in [9.17, 15) is 4.79 Å². The Morgan fingerprint density at radius 3 is 2.77 bits per heavy atom. The lowest BCUT2D eigenvalue weighted by molar-refractivity contribution is 0.0305. The van der Waals surface area contributed by atoms with Gasteiger partial charge in [-0.3, -0.25) is 4.90 Å². The maximum Gasteiger partial charge on any atom is 0.360 e. The van der Waals surface area contributed by atoms with Crippen LogP contribution in [0.1, 0.15) is 21.8 Å². The number of rotatable bonds is 5. The van der Waals surface area contributed by atoms with Gasteiger partial charge in [0, 0.05) is 19.2 Å². The number of hydrogen-bond acceptors (Lipinski definition) is 6. The summed E-state index contributed by atoms with van der Waals surface area (Å²) in [5.74, 6) is 0.189. The maximum absolute atomic E-state index is 11.9. The Labute approximate surface area is 128 Å². The number of hydrogen-bond donors (Lipinski definition) is 0. The number of esters is 1. The summed E-state index contributed by atoms with van der Waals surface area (Å²) in [6, 6.07) is 11.2. The highest BCUT2D eigenvalue weighted by Gasteiger charge is 2.17. The molecule has 2 aromatic rings. The van der Waals surface area contributed by atoms with Gasteiger partial charge in [0.1, 0.15) is 6.61 Å². The van der Waals surface area contributed by atoms with E-state index in [2.05, 4.69) is 10.1 Å². The van der Waals surface area contributed by atoms with Gasteiger partial charge >= 0.3 is 5.97 Å². The summed E-state index contributed by atoms with van der Waals surface area (Å²) >= 11 is 0. The van der Waals surface area contributed by atoms with E-state index in [-0.39, 0.29) is 12.3 Å². The lowest BCUT2D eigenvalue weighted by Crippen LogP contribution is -2.35. The Morgan fingerprint density at radius 1 is 1.23 bits per heavy atom. The molecule has 0 unspecified atom stereocenters. The van der Waals surface area contributed by atoms with Crippen molar-refractivity contribution in [1.29, 1.82) is 0 Å². The van der Waals surface area contributed by atoms with E-state index in [1.54, 1.807) is 6.07 Å². The van der Waals surface area contributed by atoms with Gasteiger partial charge < -0.3 is 14.0 Å². The molecule has 1 aliphatic rings. The van der Waals surface area contributed by atoms with Gasteiger partial charge in [-0.05, 0) is 5.56 Å². The molecule has 0 radical (unpaired) electrons. The van der Waals surface area contributed by atoms with Crippen molar-refractivity contribution in [1.82, 2.24) is 10.1 Å². The average Bonchev–Trinajstić information content (AvgIpc) is 3.03. The molecule has 6 heteroatoms. The number of carbonyl (C=O) groups excluding carboxylic acids is 1. The van der Waals surface area contributed by atoms with Crippen LogP contribution in [0.15, 0.2) is 40.9 Å². The van der Waals surface area contributed by atoms with Crippen LogP contribution in [0.25, 0.3) is 0 Å². The first kappa shape index (κ1) is 14.7. The van der Waals surface area contributed by atoms with Crippen molar-refractivity contribution in [3.63, 3.8) is 0 Å². The van der Waals surface area contributed by atoms with E-state index < -0.39 is 5.97 Å². The number of carbonyl (C=O) groups is 1. The molecule has 1 saturated heterocycles. The highest BCUT2D eigenvalue weighted by Crippen LogP contribution is 2.11. The van der Waals surface area contributed by atoms with E-state index in [0.29, 0.717) is 12.3 Å². The van der Waals surface area contributed by atoms with E-state index in [1.807, 2.05) is 30.3 Å². The third-order valence-corrected chi connectivity index (χ3v) is 3.46. The second-order valence-corrected chi connectivity index (χ2v) is 5.13. The van der Waals surface area contributed by atoms with Crippen molar-refractivity contribution in [3.8, 4) is 0 Å². The van der Waals surface area contributed by atoms with E-state index in [0.717, 1.165) is 31.9 Å². The molecule has 0 N–H and O–H groups in total. The predicted molar refractivity (Wildman–Crippen MR) is 78.2 cm³/mol. The van der Waals surface area contributed by atoms with Crippen LogP contribution in [0, 0.1) is 0 Å². The number of nitrogens with zero attached hydrogens (tertiary/aromatic N) is 2. The number of ether oxygens (including phenoxy) is 2. The molecule has 0 saturated carbocycles. The summed E-state index contributed by atoms with van der Waals surface area (Å²) in [6.07, 6.45) is 0. The van der Waals surface area contributed by atoms with Crippen LogP contribution in [-0.2, 0) is 22.6 Å². The summed E-state index contributed by atoms with van der Waals surface area (Å²) in [7, 11) is 0. The molecule has 2 heterocycles. The van der Waals surface area contributed by atoms with Gasteiger partial charge in [0.05, 0.1) is 19.8 Å². The molecule has 0 spiro atoms. The zero-order chi connectivity index (χ0) is 15.2. The second-order valence-electron chi connectivity index (χ2n) is 5.13. The van der Waals surface area contributed by atoms with Crippen LogP contribution < -0.4 is 0 Å². The highest BCUT2D eigenvalue weighted by atomic mass is 16.5. The van der Waals surface area contributed by atoms with Crippen molar-refractivity contribution < 1.29 is 18.8 Å². The molecule has 1 aromatic heterocycles. The first-order valence-electron chi connectivity index (χ1n) is 7.28. The minimum absolute atomic E-state index is 0.208. The minimum atomic E-state index is -0.471. The topological polar surface area (TPSA) is 64.8 Å². The van der Waals surface area contributed by atoms with Crippen LogP contribution in [0.5, 0.6) is 0 Å². The standard InChI is InChI=1S/C16H18N2O4/c19-16(21-12-13-4-2-1-3-5-13)15-10-14(22-17-15)11-18-6-8-20-9-7-18/h1-5,10H,6-9,11-12H2. The molecule has 0 aliphatic carbocycles. The first-order chi connectivity index (χ1) is 10.8. The molecule has 1 aliphatic heterocycles. The molecular formula is C16H18N2O4. The van der Waals surface area contributed by atoms with Crippen LogP contribution in [0.2, 0.25) is 0 Å². The molecule has 1 fully saturated rings. The lowest BCUT2D eigenvalue weighted by atomic mass is 10.2. The fourth-order valence-corrected chi connectivity index (χ4v) is 2.26. The van der Waals surface area contributed by atoms with Gasteiger partial charge in [0.15, 0.2) is 11.5 Å². The van der Waals surface area contributed by atoms with Crippen LogP contribution in [0.3, 0.4) is 0 Å². The molecule has 3 rings (SSSR count). The summed E-state index contributed by atoms with van der Waals surface area (Å²) in [6.45, 7) is 4.01. The summed E-state index contributed by atoms with van der Waals surface area (Å²) in [5, 5.41) is 3.79. The van der Waals surface area contributed by atoms with Gasteiger partial charge in [-0.1, -0.05) is 35.5 Å². The average molecular weight is 302 g/mol. The Morgan fingerprint density at radius 2 is 2.00 bits per heavy atom. The molecular weight excluding hydrogens is 284 g/mol. The SMILES string of the molecule is O=C(OCc1ccccc1)c1cc(CN2CCOCC2)on1. The Bertz CT molecular complexity index is 606. The molecule has 22 heavy (non-hydrogen) atoms. The Hall–Kier alpha value is -2.18. The van der Waals surface area contributed by atoms with Crippen LogP contribution in [0.4, 0.5) is 0 Å². The van der Waals surface area contributed by atoms with Gasteiger partial charge in [0.25, 0.3) is 0 Å². The molecule has 6 nitrogen and oxygen atoms in total. The number of aromatic nitrogens is 1. The lowest BCUT2D eigenvalue weighted by Gasteiger charge is -2.25. The number of benzene rings is 1. The van der Waals surface area contributed by atoms with E-state index in [1.165, 1.54) is 0 Å². The Balaban J connectivity index is 1.52. The van der Waals surface area contributed by atoms with E-state index in [4.69, 9.17) is 14.0 Å². The van der Waals surface area contributed by atoms with Crippen molar-refractivity contribution in [3.05, 3.63) is 53.4 Å². The second kappa shape index (κ2) is 7.20. The van der Waals surface area contributed by atoms with Gasteiger partial charge in [-0.2, -0.15) is 0 Å². The highest BCUT2D eigenvalue weighted by molar-refractivity contribution is 5.87. The summed E-state index contributed by atoms with van der Waals surface area (Å²) in [4.78, 5) is 14.1. The summed E-state index contributed by atoms with van der Waals surface area (Å²) in [5.41, 5.74) is 1.15. The molecule has 0 atom stereocenters. The van der Waals surface area contributed by atoms with Crippen molar-refractivity contribution in [2.45, 2.75) is 13.2 Å². The van der Waals surface area contributed by atoms with Gasteiger partial charge in [0.2, 0.25) is 0 Å². The van der Waals surface area contributed by atoms with E-state index >= 15 is 0 Å². The molecule has 1 aromatic carbocycles. The van der Waals surface area contributed by atoms with Gasteiger partial charge in [-0.15, -0.1) is 0 Å². The largest absolute Gasteiger partial charge is 0.456 e. The van der Waals surface area contributed by atoms with Crippen molar-refractivity contribution in [2.24, 2.45) is 0 Å². The fraction of sp³-hybridized carbons (Fsp3) is 0.375. The predicted octanol–water partition coefficient (Wildman–Crippen LogP) is 1.86. The minimum Gasteiger partial charge on any atom is -0.456 e. The quantitative estimate of drug-likeness (QED) is 0.786. The van der Waals surface area contributed by atoms with Gasteiger partial charge in [-0.25, -0.2) is 4.79 Å². The fourth-order valence-electron chi connectivity index (χ4n) is 2.26. The molecule has 0 bridgehead atoms. The smallest absolute Gasteiger partial charge is 0.360 e.